The van der Waals surface area contributed by atoms with Crippen molar-refractivity contribution in [2.45, 2.75) is 47.1 Å². The van der Waals surface area contributed by atoms with Gasteiger partial charge in [-0.25, -0.2) is 0 Å². The summed E-state index contributed by atoms with van der Waals surface area (Å²) in [7, 11) is 0. The molecule has 0 amide bonds. The Balaban J connectivity index is 1.57. The number of nitrogens with zero attached hydrogens (tertiary/aromatic N) is 5. The number of hydrogen-bond acceptors (Lipinski definition) is 6. The average Bonchev–Trinajstić information content (AvgIpc) is 3.24. The molecule has 0 saturated carbocycles. The molecule has 1 unspecified atom stereocenters. The highest BCUT2D eigenvalue weighted by molar-refractivity contribution is 5.80. The molecule has 0 bridgehead atoms. The van der Waals surface area contributed by atoms with Gasteiger partial charge in [0.1, 0.15) is 11.5 Å². The molecule has 1 N–H and O–H groups in total. The molecule has 1 aliphatic rings. The molecule has 3 rings (SSSR count). The third-order valence-corrected chi connectivity index (χ3v) is 5.17. The normalized spacial score (nSPS) is 17.2. The Morgan fingerprint density at radius 2 is 1.93 bits per heavy atom. The SMILES string of the molecule is CCNC(=NCC(C)c1c(C)noc1C)N1CCN(Cc2cc(C)on2)CC1. The number of hydrogen-bond donors (Lipinski definition) is 1. The summed E-state index contributed by atoms with van der Waals surface area (Å²) in [6.07, 6.45) is 0. The van der Waals surface area contributed by atoms with E-state index >= 15 is 0 Å². The Bertz CT molecular complexity index is 769. The Morgan fingerprint density at radius 1 is 1.18 bits per heavy atom. The van der Waals surface area contributed by atoms with Crippen molar-refractivity contribution in [3.8, 4) is 0 Å². The molecule has 28 heavy (non-hydrogen) atoms. The molecule has 0 spiro atoms. The van der Waals surface area contributed by atoms with E-state index in [9.17, 15) is 0 Å². The minimum Gasteiger partial charge on any atom is -0.361 e. The lowest BCUT2D eigenvalue weighted by molar-refractivity contribution is 0.169. The Kier molecular flexibility index (Phi) is 6.72. The molecule has 1 aliphatic heterocycles. The highest BCUT2D eigenvalue weighted by Gasteiger charge is 2.21. The molecule has 3 heterocycles. The van der Waals surface area contributed by atoms with Gasteiger partial charge in [-0.1, -0.05) is 17.2 Å². The van der Waals surface area contributed by atoms with Crippen LogP contribution < -0.4 is 5.32 Å². The summed E-state index contributed by atoms with van der Waals surface area (Å²) in [5.41, 5.74) is 3.13. The number of rotatable bonds is 6. The van der Waals surface area contributed by atoms with Crippen molar-refractivity contribution in [2.24, 2.45) is 4.99 Å². The first-order chi connectivity index (χ1) is 13.5. The van der Waals surface area contributed by atoms with E-state index in [2.05, 4.69) is 39.3 Å². The molecule has 154 valence electrons. The van der Waals surface area contributed by atoms with Crippen molar-refractivity contribution in [3.05, 3.63) is 34.5 Å². The van der Waals surface area contributed by atoms with E-state index in [4.69, 9.17) is 14.0 Å². The number of guanidine groups is 1. The van der Waals surface area contributed by atoms with Crippen LogP contribution in [-0.4, -0.2) is 65.3 Å². The molecular formula is C20H32N6O2. The fraction of sp³-hybridized carbons (Fsp3) is 0.650. The van der Waals surface area contributed by atoms with Crippen LogP contribution in [0.15, 0.2) is 20.1 Å². The number of piperazine rings is 1. The van der Waals surface area contributed by atoms with Crippen molar-refractivity contribution in [2.75, 3.05) is 39.3 Å². The number of aliphatic imine (C=N–C) groups is 1. The summed E-state index contributed by atoms with van der Waals surface area (Å²) >= 11 is 0. The van der Waals surface area contributed by atoms with Crippen LogP contribution in [0.3, 0.4) is 0 Å². The first kappa shape index (κ1) is 20.4. The second kappa shape index (κ2) is 9.23. The monoisotopic (exact) mass is 388 g/mol. The van der Waals surface area contributed by atoms with Crippen molar-refractivity contribution >= 4 is 5.96 Å². The smallest absolute Gasteiger partial charge is 0.194 e. The maximum absolute atomic E-state index is 5.31. The quantitative estimate of drug-likeness (QED) is 0.601. The number of aryl methyl sites for hydroxylation is 3. The van der Waals surface area contributed by atoms with Crippen LogP contribution in [-0.2, 0) is 6.54 Å². The van der Waals surface area contributed by atoms with E-state index < -0.39 is 0 Å². The third-order valence-electron chi connectivity index (χ3n) is 5.17. The molecule has 2 aromatic heterocycles. The van der Waals surface area contributed by atoms with E-state index in [0.717, 1.165) is 68.1 Å². The molecule has 8 nitrogen and oxygen atoms in total. The lowest BCUT2D eigenvalue weighted by atomic mass is 10.00. The van der Waals surface area contributed by atoms with Gasteiger partial charge in [-0.3, -0.25) is 9.89 Å². The average molecular weight is 389 g/mol. The maximum Gasteiger partial charge on any atom is 0.194 e. The van der Waals surface area contributed by atoms with E-state index in [-0.39, 0.29) is 5.92 Å². The van der Waals surface area contributed by atoms with E-state index in [1.807, 2.05) is 26.8 Å². The summed E-state index contributed by atoms with van der Waals surface area (Å²) < 4.78 is 10.5. The van der Waals surface area contributed by atoms with Crippen LogP contribution in [0.1, 0.15) is 48.2 Å². The van der Waals surface area contributed by atoms with Crippen LogP contribution in [0, 0.1) is 20.8 Å². The van der Waals surface area contributed by atoms with Gasteiger partial charge in [0.25, 0.3) is 0 Å². The van der Waals surface area contributed by atoms with Crippen molar-refractivity contribution < 1.29 is 9.05 Å². The van der Waals surface area contributed by atoms with E-state index in [0.29, 0.717) is 6.54 Å². The molecule has 1 saturated heterocycles. The van der Waals surface area contributed by atoms with Crippen LogP contribution >= 0.6 is 0 Å². The van der Waals surface area contributed by atoms with Crippen LogP contribution in [0.2, 0.25) is 0 Å². The first-order valence-electron chi connectivity index (χ1n) is 10.1. The Labute approximate surface area is 166 Å². The predicted octanol–water partition coefficient (Wildman–Crippen LogP) is 2.47. The summed E-state index contributed by atoms with van der Waals surface area (Å²) in [6, 6.07) is 2.01. The molecule has 0 aliphatic carbocycles. The van der Waals surface area contributed by atoms with Gasteiger partial charge < -0.3 is 19.3 Å². The van der Waals surface area contributed by atoms with Gasteiger partial charge in [0.05, 0.1) is 11.4 Å². The van der Waals surface area contributed by atoms with Crippen molar-refractivity contribution in [1.82, 2.24) is 25.4 Å². The Morgan fingerprint density at radius 3 is 2.50 bits per heavy atom. The summed E-state index contributed by atoms with van der Waals surface area (Å²) in [4.78, 5) is 9.65. The van der Waals surface area contributed by atoms with Crippen LogP contribution in [0.25, 0.3) is 0 Å². The lowest BCUT2D eigenvalue weighted by Gasteiger charge is -2.36. The number of aromatic nitrogens is 2. The molecule has 1 atom stereocenters. The van der Waals surface area contributed by atoms with Gasteiger partial charge in [-0.2, -0.15) is 0 Å². The Hall–Kier alpha value is -2.35. The standard InChI is InChI=1S/C20H32N6O2/c1-6-21-20(22-12-14(2)19-16(4)23-28-17(19)5)26-9-7-25(8-10-26)13-18-11-15(3)27-24-18/h11,14H,6-10,12-13H2,1-5H3,(H,21,22). The predicted molar refractivity (Wildman–Crippen MR) is 108 cm³/mol. The molecular weight excluding hydrogens is 356 g/mol. The lowest BCUT2D eigenvalue weighted by Crippen LogP contribution is -2.52. The van der Waals surface area contributed by atoms with Crippen LogP contribution in [0.4, 0.5) is 0 Å². The highest BCUT2D eigenvalue weighted by Crippen LogP contribution is 2.23. The summed E-state index contributed by atoms with van der Waals surface area (Å²) in [6.45, 7) is 16.4. The summed E-state index contributed by atoms with van der Waals surface area (Å²) in [5.74, 6) is 3.01. The van der Waals surface area contributed by atoms with Crippen LogP contribution in [0.5, 0.6) is 0 Å². The van der Waals surface area contributed by atoms with E-state index in [1.165, 1.54) is 5.56 Å². The van der Waals surface area contributed by atoms with Crippen molar-refractivity contribution in [3.63, 3.8) is 0 Å². The van der Waals surface area contributed by atoms with Gasteiger partial charge in [-0.05, 0) is 27.7 Å². The second-order valence-corrected chi connectivity index (χ2v) is 7.53. The summed E-state index contributed by atoms with van der Waals surface area (Å²) in [5, 5.41) is 11.6. The fourth-order valence-corrected chi connectivity index (χ4v) is 3.77. The third kappa shape index (κ3) is 4.92. The fourth-order valence-electron chi connectivity index (χ4n) is 3.77. The van der Waals surface area contributed by atoms with E-state index in [1.54, 1.807) is 0 Å². The second-order valence-electron chi connectivity index (χ2n) is 7.53. The molecule has 1 fully saturated rings. The van der Waals surface area contributed by atoms with Gasteiger partial charge in [-0.15, -0.1) is 0 Å². The van der Waals surface area contributed by atoms with Gasteiger partial charge in [0.2, 0.25) is 0 Å². The molecule has 0 aromatic carbocycles. The van der Waals surface area contributed by atoms with Crippen molar-refractivity contribution in [1.29, 1.82) is 0 Å². The van der Waals surface area contributed by atoms with Gasteiger partial charge in [0, 0.05) is 63.4 Å². The molecule has 0 radical (unpaired) electrons. The topological polar surface area (TPSA) is 82.9 Å². The minimum atomic E-state index is 0.275. The minimum absolute atomic E-state index is 0.275. The van der Waals surface area contributed by atoms with Gasteiger partial charge >= 0.3 is 0 Å². The zero-order valence-electron chi connectivity index (χ0n) is 17.7. The molecule has 2 aromatic rings. The number of nitrogens with one attached hydrogen (secondary N) is 1. The maximum atomic E-state index is 5.31. The molecule has 8 heteroatoms. The largest absolute Gasteiger partial charge is 0.361 e. The first-order valence-corrected chi connectivity index (χ1v) is 10.1. The highest BCUT2D eigenvalue weighted by atomic mass is 16.5. The zero-order valence-corrected chi connectivity index (χ0v) is 17.7. The van der Waals surface area contributed by atoms with Gasteiger partial charge in [0.15, 0.2) is 5.96 Å². The zero-order chi connectivity index (χ0) is 20.1.